The number of halogens is 2. The van der Waals surface area contributed by atoms with E-state index in [9.17, 15) is 4.39 Å². The second-order valence-electron chi connectivity index (χ2n) is 3.96. The molecule has 1 N–H and O–H groups in total. The van der Waals surface area contributed by atoms with Crippen molar-refractivity contribution in [3.63, 3.8) is 0 Å². The molecule has 1 saturated heterocycles. The fraction of sp³-hybridized carbons (Fsp3) is 0.417. The van der Waals surface area contributed by atoms with Gasteiger partial charge >= 0.3 is 0 Å². The smallest absolute Gasteiger partial charge is 0.161 e. The van der Waals surface area contributed by atoms with E-state index in [0.29, 0.717) is 17.3 Å². The Labute approximate surface area is 113 Å². The van der Waals surface area contributed by atoms with E-state index in [1.165, 1.54) is 12.2 Å². The SMILES string of the molecule is N#Cc1ccc(NC2CCCSC2)c(F)c1Br. The molecule has 17 heavy (non-hydrogen) atoms. The van der Waals surface area contributed by atoms with Crippen LogP contribution < -0.4 is 5.32 Å². The lowest BCUT2D eigenvalue weighted by molar-refractivity contribution is 0.613. The zero-order valence-corrected chi connectivity index (χ0v) is 11.6. The molecular weight excluding hydrogens is 303 g/mol. The van der Waals surface area contributed by atoms with Gasteiger partial charge in [0.15, 0.2) is 5.82 Å². The van der Waals surface area contributed by atoms with Crippen molar-refractivity contribution in [1.82, 2.24) is 0 Å². The van der Waals surface area contributed by atoms with Crippen molar-refractivity contribution in [3.05, 3.63) is 28.0 Å². The first-order chi connectivity index (χ1) is 8.22. The van der Waals surface area contributed by atoms with E-state index in [1.807, 2.05) is 17.8 Å². The highest BCUT2D eigenvalue weighted by Crippen LogP contribution is 2.28. The van der Waals surface area contributed by atoms with Crippen molar-refractivity contribution in [2.24, 2.45) is 0 Å². The number of hydrogen-bond acceptors (Lipinski definition) is 3. The fourth-order valence-corrected chi connectivity index (χ4v) is 3.33. The van der Waals surface area contributed by atoms with Crippen LogP contribution in [0.1, 0.15) is 18.4 Å². The molecule has 0 radical (unpaired) electrons. The van der Waals surface area contributed by atoms with Crippen LogP contribution in [0.15, 0.2) is 16.6 Å². The zero-order chi connectivity index (χ0) is 12.3. The Kier molecular flexibility index (Phi) is 4.30. The van der Waals surface area contributed by atoms with Crippen molar-refractivity contribution < 1.29 is 4.39 Å². The third kappa shape index (κ3) is 2.93. The number of benzene rings is 1. The van der Waals surface area contributed by atoms with Crippen LogP contribution in [0.5, 0.6) is 0 Å². The molecule has 0 bridgehead atoms. The molecule has 1 aromatic rings. The van der Waals surface area contributed by atoms with Gasteiger partial charge in [0.1, 0.15) is 6.07 Å². The second kappa shape index (κ2) is 5.74. The van der Waals surface area contributed by atoms with Crippen LogP contribution in [-0.4, -0.2) is 17.5 Å². The molecule has 1 unspecified atom stereocenters. The van der Waals surface area contributed by atoms with Gasteiger partial charge in [0.05, 0.1) is 15.7 Å². The van der Waals surface area contributed by atoms with E-state index in [4.69, 9.17) is 5.26 Å². The molecule has 0 saturated carbocycles. The molecule has 0 aromatic heterocycles. The summed E-state index contributed by atoms with van der Waals surface area (Å²) < 4.78 is 14.2. The predicted octanol–water partition coefficient (Wildman–Crippen LogP) is 3.77. The molecule has 90 valence electrons. The quantitative estimate of drug-likeness (QED) is 0.902. The maximum Gasteiger partial charge on any atom is 0.161 e. The number of nitrogens with zero attached hydrogens (tertiary/aromatic N) is 1. The summed E-state index contributed by atoms with van der Waals surface area (Å²) in [5.41, 5.74) is 0.800. The Balaban J connectivity index is 2.16. The lowest BCUT2D eigenvalue weighted by atomic mass is 10.1. The van der Waals surface area contributed by atoms with Gasteiger partial charge in [-0.25, -0.2) is 4.39 Å². The molecule has 0 amide bonds. The molecule has 1 atom stereocenters. The lowest BCUT2D eigenvalue weighted by Crippen LogP contribution is -2.26. The number of hydrogen-bond donors (Lipinski definition) is 1. The average Bonchev–Trinajstić information content (AvgIpc) is 2.37. The minimum absolute atomic E-state index is 0.244. The fourth-order valence-electron chi connectivity index (χ4n) is 1.82. The first kappa shape index (κ1) is 12.7. The first-order valence-corrected chi connectivity index (χ1v) is 7.39. The van der Waals surface area contributed by atoms with Crippen LogP contribution in [0.25, 0.3) is 0 Å². The topological polar surface area (TPSA) is 35.8 Å². The first-order valence-electron chi connectivity index (χ1n) is 5.44. The summed E-state index contributed by atoms with van der Waals surface area (Å²) >= 11 is 5.00. The highest BCUT2D eigenvalue weighted by atomic mass is 79.9. The molecule has 5 heteroatoms. The zero-order valence-electron chi connectivity index (χ0n) is 9.17. The monoisotopic (exact) mass is 314 g/mol. The number of nitrogens with one attached hydrogen (secondary N) is 1. The molecule has 1 heterocycles. The molecule has 1 aliphatic heterocycles. The van der Waals surface area contributed by atoms with Gasteiger partial charge in [-0.15, -0.1) is 0 Å². The van der Waals surface area contributed by atoms with Crippen LogP contribution >= 0.6 is 27.7 Å². The standard InChI is InChI=1S/C12H12BrFN2S/c13-11-8(6-15)3-4-10(12(11)14)16-9-2-1-5-17-7-9/h3-4,9,16H,1-2,5,7H2. The Morgan fingerprint density at radius 1 is 1.53 bits per heavy atom. The Morgan fingerprint density at radius 3 is 3.00 bits per heavy atom. The van der Waals surface area contributed by atoms with E-state index >= 15 is 0 Å². The van der Waals surface area contributed by atoms with Gasteiger partial charge in [0.2, 0.25) is 0 Å². The molecule has 2 rings (SSSR count). The predicted molar refractivity (Wildman–Crippen MR) is 72.8 cm³/mol. The van der Waals surface area contributed by atoms with Crippen LogP contribution in [0, 0.1) is 17.1 Å². The third-order valence-electron chi connectivity index (χ3n) is 2.72. The van der Waals surface area contributed by atoms with E-state index in [1.54, 1.807) is 12.1 Å². The van der Waals surface area contributed by atoms with Gasteiger partial charge in [0.25, 0.3) is 0 Å². The molecule has 2 nitrogen and oxygen atoms in total. The van der Waals surface area contributed by atoms with Crippen molar-refractivity contribution in [1.29, 1.82) is 5.26 Å². The van der Waals surface area contributed by atoms with Gasteiger partial charge in [-0.05, 0) is 46.7 Å². The van der Waals surface area contributed by atoms with E-state index in [0.717, 1.165) is 12.2 Å². The lowest BCUT2D eigenvalue weighted by Gasteiger charge is -2.24. The summed E-state index contributed by atoms with van der Waals surface area (Å²) in [5, 5.41) is 12.0. The van der Waals surface area contributed by atoms with Crippen molar-refractivity contribution in [2.45, 2.75) is 18.9 Å². The number of nitriles is 1. The molecule has 1 fully saturated rings. The maximum absolute atomic E-state index is 13.9. The van der Waals surface area contributed by atoms with Gasteiger partial charge in [-0.3, -0.25) is 0 Å². The number of thioether (sulfide) groups is 1. The molecule has 0 spiro atoms. The summed E-state index contributed by atoms with van der Waals surface area (Å²) in [4.78, 5) is 0. The number of rotatable bonds is 2. The molecule has 1 aromatic carbocycles. The minimum atomic E-state index is -0.375. The van der Waals surface area contributed by atoms with Crippen molar-refractivity contribution in [3.8, 4) is 6.07 Å². The van der Waals surface area contributed by atoms with Crippen molar-refractivity contribution in [2.75, 3.05) is 16.8 Å². The average molecular weight is 315 g/mol. The molecular formula is C12H12BrFN2S. The van der Waals surface area contributed by atoms with Gasteiger partial charge in [0, 0.05) is 11.8 Å². The Bertz CT molecular complexity index is 453. The third-order valence-corrected chi connectivity index (χ3v) is 4.71. The molecule has 1 aliphatic rings. The Morgan fingerprint density at radius 2 is 2.35 bits per heavy atom. The highest BCUT2D eigenvalue weighted by Gasteiger charge is 2.17. The summed E-state index contributed by atoms with van der Waals surface area (Å²) in [5.74, 6) is 1.83. The van der Waals surface area contributed by atoms with Gasteiger partial charge in [-0.2, -0.15) is 17.0 Å². The summed E-state index contributed by atoms with van der Waals surface area (Å²) in [6, 6.07) is 5.54. The Hall–Kier alpha value is -0.730. The van der Waals surface area contributed by atoms with Crippen LogP contribution in [0.4, 0.5) is 10.1 Å². The largest absolute Gasteiger partial charge is 0.379 e. The second-order valence-corrected chi connectivity index (χ2v) is 5.90. The van der Waals surface area contributed by atoms with E-state index < -0.39 is 0 Å². The minimum Gasteiger partial charge on any atom is -0.379 e. The maximum atomic E-state index is 13.9. The van der Waals surface area contributed by atoms with Crippen molar-refractivity contribution >= 4 is 33.4 Å². The number of anilines is 1. The molecule has 0 aliphatic carbocycles. The summed E-state index contributed by atoms with van der Waals surface area (Å²) in [6.07, 6.45) is 2.24. The highest BCUT2D eigenvalue weighted by molar-refractivity contribution is 9.10. The summed E-state index contributed by atoms with van der Waals surface area (Å²) in [7, 11) is 0. The van der Waals surface area contributed by atoms with Crippen LogP contribution in [-0.2, 0) is 0 Å². The van der Waals surface area contributed by atoms with Gasteiger partial charge < -0.3 is 5.32 Å². The van der Waals surface area contributed by atoms with E-state index in [-0.39, 0.29) is 10.3 Å². The van der Waals surface area contributed by atoms with Crippen LogP contribution in [0.2, 0.25) is 0 Å². The van der Waals surface area contributed by atoms with E-state index in [2.05, 4.69) is 21.2 Å². The normalized spacial score (nSPS) is 19.7. The summed E-state index contributed by atoms with van der Waals surface area (Å²) in [6.45, 7) is 0. The van der Waals surface area contributed by atoms with Gasteiger partial charge in [-0.1, -0.05) is 0 Å². The van der Waals surface area contributed by atoms with Crippen LogP contribution in [0.3, 0.4) is 0 Å².